The number of nitrogens with zero attached hydrogens (tertiary/aromatic N) is 3. The Labute approximate surface area is 162 Å². The number of carbonyl (C=O) groups is 1. The molecular formula is C21H32N4O2. The van der Waals surface area contributed by atoms with Crippen molar-refractivity contribution in [2.24, 2.45) is 11.3 Å². The Morgan fingerprint density at radius 1 is 1.22 bits per heavy atom. The van der Waals surface area contributed by atoms with Gasteiger partial charge in [-0.2, -0.15) is 0 Å². The van der Waals surface area contributed by atoms with Crippen LogP contribution in [0.25, 0.3) is 0 Å². The Bertz CT molecular complexity index is 679. The third kappa shape index (κ3) is 4.26. The van der Waals surface area contributed by atoms with E-state index in [4.69, 9.17) is 9.72 Å². The Balaban J connectivity index is 1.54. The van der Waals surface area contributed by atoms with E-state index in [1.165, 1.54) is 19.3 Å². The van der Waals surface area contributed by atoms with Crippen molar-refractivity contribution < 1.29 is 9.53 Å². The molecule has 148 valence electrons. The van der Waals surface area contributed by atoms with Gasteiger partial charge in [0.2, 0.25) is 11.9 Å². The molecular weight excluding hydrogens is 340 g/mol. The summed E-state index contributed by atoms with van der Waals surface area (Å²) in [5, 5.41) is 3.35. The summed E-state index contributed by atoms with van der Waals surface area (Å²) in [5.41, 5.74) is 2.32. The van der Waals surface area contributed by atoms with Crippen molar-refractivity contribution >= 4 is 11.9 Å². The van der Waals surface area contributed by atoms with E-state index in [-0.39, 0.29) is 23.3 Å². The number of morpholine rings is 1. The first-order valence-electron chi connectivity index (χ1n) is 10.5. The third-order valence-corrected chi connectivity index (χ3v) is 6.25. The maximum absolute atomic E-state index is 12.8. The maximum atomic E-state index is 12.8. The number of carbonyl (C=O) groups excluding carboxylic acids is 1. The molecule has 0 aromatic carbocycles. The van der Waals surface area contributed by atoms with Crippen molar-refractivity contribution in [1.29, 1.82) is 0 Å². The number of hydrogen-bond donors (Lipinski definition) is 1. The van der Waals surface area contributed by atoms with Gasteiger partial charge in [-0.25, -0.2) is 9.97 Å². The number of aromatic nitrogens is 2. The van der Waals surface area contributed by atoms with Crippen LogP contribution in [0.2, 0.25) is 0 Å². The molecule has 0 spiro atoms. The van der Waals surface area contributed by atoms with Crippen LogP contribution in [0.3, 0.4) is 0 Å². The quantitative estimate of drug-likeness (QED) is 0.883. The average molecular weight is 373 g/mol. The van der Waals surface area contributed by atoms with Crippen LogP contribution in [0.4, 0.5) is 5.95 Å². The first kappa shape index (κ1) is 18.7. The van der Waals surface area contributed by atoms with E-state index in [2.05, 4.69) is 29.0 Å². The molecule has 27 heavy (non-hydrogen) atoms. The van der Waals surface area contributed by atoms with Crippen LogP contribution in [-0.2, 0) is 16.0 Å². The zero-order valence-corrected chi connectivity index (χ0v) is 16.7. The number of nitrogens with one attached hydrogen (secondary N) is 1. The van der Waals surface area contributed by atoms with Crippen molar-refractivity contribution in [3.05, 3.63) is 17.5 Å². The van der Waals surface area contributed by atoms with Crippen molar-refractivity contribution in [1.82, 2.24) is 15.3 Å². The van der Waals surface area contributed by atoms with Gasteiger partial charge < -0.3 is 15.0 Å². The van der Waals surface area contributed by atoms with E-state index < -0.39 is 0 Å². The lowest BCUT2D eigenvalue weighted by molar-refractivity contribution is -0.127. The summed E-state index contributed by atoms with van der Waals surface area (Å²) in [5.74, 6) is 1.20. The fraction of sp³-hybridized carbons (Fsp3) is 0.762. The molecule has 3 aliphatic rings. The summed E-state index contributed by atoms with van der Waals surface area (Å²) < 4.78 is 5.44. The SMILES string of the molecule is CC1(C)Cc2nc(N3CCOCC3)ncc2[C@@H](NC(=O)C2CCCCC2)C1. The highest BCUT2D eigenvalue weighted by molar-refractivity contribution is 5.79. The van der Waals surface area contributed by atoms with E-state index in [0.717, 1.165) is 69.2 Å². The average Bonchev–Trinajstić information content (AvgIpc) is 2.68. The first-order chi connectivity index (χ1) is 13.0. The van der Waals surface area contributed by atoms with E-state index in [1.807, 2.05) is 6.20 Å². The number of fused-ring (bicyclic) bond motifs is 1. The van der Waals surface area contributed by atoms with Gasteiger partial charge in [0.15, 0.2) is 0 Å². The second kappa shape index (κ2) is 7.74. The molecule has 0 unspecified atom stereocenters. The predicted molar refractivity (Wildman–Crippen MR) is 105 cm³/mol. The largest absolute Gasteiger partial charge is 0.378 e. The molecule has 4 rings (SSSR count). The molecule has 2 fully saturated rings. The zero-order valence-electron chi connectivity index (χ0n) is 16.7. The van der Waals surface area contributed by atoms with Gasteiger partial charge in [-0.3, -0.25) is 4.79 Å². The normalized spacial score (nSPS) is 25.7. The molecule has 1 amide bonds. The number of ether oxygens (including phenoxy) is 1. The number of anilines is 1. The molecule has 1 N–H and O–H groups in total. The Morgan fingerprint density at radius 3 is 2.70 bits per heavy atom. The maximum Gasteiger partial charge on any atom is 0.225 e. The Morgan fingerprint density at radius 2 is 1.96 bits per heavy atom. The van der Waals surface area contributed by atoms with Crippen LogP contribution in [0, 0.1) is 11.3 Å². The Kier molecular flexibility index (Phi) is 5.35. The molecule has 1 atom stereocenters. The fourth-order valence-electron chi connectivity index (χ4n) is 4.74. The van der Waals surface area contributed by atoms with Gasteiger partial charge in [-0.05, 0) is 31.1 Å². The number of hydrogen-bond acceptors (Lipinski definition) is 5. The predicted octanol–water partition coefficient (Wildman–Crippen LogP) is 3.02. The molecule has 6 nitrogen and oxygen atoms in total. The molecule has 2 aliphatic carbocycles. The topological polar surface area (TPSA) is 67.3 Å². The van der Waals surface area contributed by atoms with Crippen LogP contribution in [0.5, 0.6) is 0 Å². The summed E-state index contributed by atoms with van der Waals surface area (Å²) in [4.78, 5) is 24.6. The van der Waals surface area contributed by atoms with E-state index in [9.17, 15) is 4.79 Å². The van der Waals surface area contributed by atoms with Gasteiger partial charge >= 0.3 is 0 Å². The van der Waals surface area contributed by atoms with Crippen LogP contribution in [0.1, 0.15) is 69.7 Å². The minimum absolute atomic E-state index is 0.0249. The standard InChI is InChI=1S/C21H32N4O2/c1-21(2)12-17(23-19(26)15-6-4-3-5-7-15)16-14-22-20(24-18(16)13-21)25-8-10-27-11-9-25/h14-15,17H,3-13H2,1-2H3,(H,23,26)/t17-/m0/s1. The molecule has 1 saturated heterocycles. The molecule has 0 bridgehead atoms. The second-order valence-corrected chi connectivity index (χ2v) is 9.11. The minimum Gasteiger partial charge on any atom is -0.378 e. The van der Waals surface area contributed by atoms with E-state index in [0.29, 0.717) is 0 Å². The molecule has 1 aromatic rings. The summed E-state index contributed by atoms with van der Waals surface area (Å²) in [6, 6.07) is 0.0249. The van der Waals surface area contributed by atoms with Crippen molar-refractivity contribution in [2.45, 2.75) is 64.8 Å². The fourth-order valence-corrected chi connectivity index (χ4v) is 4.74. The monoisotopic (exact) mass is 372 g/mol. The van der Waals surface area contributed by atoms with Crippen LogP contribution in [0.15, 0.2) is 6.20 Å². The Hall–Kier alpha value is -1.69. The lowest BCUT2D eigenvalue weighted by atomic mass is 9.74. The van der Waals surface area contributed by atoms with Gasteiger partial charge in [-0.15, -0.1) is 0 Å². The lowest BCUT2D eigenvalue weighted by Crippen LogP contribution is -2.41. The highest BCUT2D eigenvalue weighted by Gasteiger charge is 2.36. The van der Waals surface area contributed by atoms with Gasteiger partial charge in [0.25, 0.3) is 0 Å². The van der Waals surface area contributed by atoms with Crippen LogP contribution in [-0.4, -0.2) is 42.2 Å². The van der Waals surface area contributed by atoms with Crippen LogP contribution < -0.4 is 10.2 Å². The first-order valence-corrected chi connectivity index (χ1v) is 10.5. The van der Waals surface area contributed by atoms with Gasteiger partial charge in [0, 0.05) is 30.8 Å². The van der Waals surface area contributed by atoms with Crippen molar-refractivity contribution in [3.8, 4) is 0 Å². The summed E-state index contributed by atoms with van der Waals surface area (Å²) >= 11 is 0. The highest BCUT2D eigenvalue weighted by Crippen LogP contribution is 2.40. The molecule has 2 heterocycles. The third-order valence-electron chi connectivity index (χ3n) is 6.25. The van der Waals surface area contributed by atoms with Gasteiger partial charge in [-0.1, -0.05) is 33.1 Å². The van der Waals surface area contributed by atoms with Crippen molar-refractivity contribution in [3.63, 3.8) is 0 Å². The molecule has 1 aliphatic heterocycles. The lowest BCUT2D eigenvalue weighted by Gasteiger charge is -2.38. The smallest absolute Gasteiger partial charge is 0.225 e. The van der Waals surface area contributed by atoms with Gasteiger partial charge in [0.1, 0.15) is 0 Å². The summed E-state index contributed by atoms with van der Waals surface area (Å²) in [7, 11) is 0. The molecule has 1 saturated carbocycles. The zero-order chi connectivity index (χ0) is 18.9. The molecule has 6 heteroatoms. The summed E-state index contributed by atoms with van der Waals surface area (Å²) in [6.45, 7) is 7.67. The van der Waals surface area contributed by atoms with Crippen molar-refractivity contribution in [2.75, 3.05) is 31.2 Å². The number of amides is 1. The molecule has 1 aromatic heterocycles. The second-order valence-electron chi connectivity index (χ2n) is 9.11. The van der Waals surface area contributed by atoms with E-state index in [1.54, 1.807) is 0 Å². The number of rotatable bonds is 3. The summed E-state index contributed by atoms with van der Waals surface area (Å²) in [6.07, 6.45) is 9.50. The molecule has 0 radical (unpaired) electrons. The van der Waals surface area contributed by atoms with Gasteiger partial charge in [0.05, 0.1) is 24.9 Å². The van der Waals surface area contributed by atoms with Crippen LogP contribution >= 0.6 is 0 Å². The minimum atomic E-state index is 0.0249. The highest BCUT2D eigenvalue weighted by atomic mass is 16.5. The van der Waals surface area contributed by atoms with E-state index >= 15 is 0 Å².